The highest BCUT2D eigenvalue weighted by Gasteiger charge is 2.15. The zero-order valence-electron chi connectivity index (χ0n) is 14.2. The van der Waals surface area contributed by atoms with Crippen LogP contribution in [-0.4, -0.2) is 45.5 Å². The van der Waals surface area contributed by atoms with Gasteiger partial charge in [0.25, 0.3) is 0 Å². The average Bonchev–Trinajstić information content (AvgIpc) is 3.07. The zero-order chi connectivity index (χ0) is 16.5. The van der Waals surface area contributed by atoms with E-state index in [2.05, 4.69) is 15.6 Å². The first-order chi connectivity index (χ1) is 11.3. The zero-order valence-corrected chi connectivity index (χ0v) is 14.2. The van der Waals surface area contributed by atoms with Gasteiger partial charge >= 0.3 is 0 Å². The Morgan fingerprint density at radius 1 is 1.35 bits per heavy atom. The van der Waals surface area contributed by atoms with Gasteiger partial charge in [-0.1, -0.05) is 0 Å². The number of nitrogens with zero attached hydrogens (tertiary/aromatic N) is 1. The summed E-state index contributed by atoms with van der Waals surface area (Å²) in [5.41, 5.74) is 0.904. The number of methoxy groups -OCH3 is 1. The second-order valence-corrected chi connectivity index (χ2v) is 5.28. The Bertz CT molecular complexity index is 514. The van der Waals surface area contributed by atoms with Crippen LogP contribution in [0.1, 0.15) is 26.7 Å². The molecule has 0 bridgehead atoms. The molecule has 1 saturated heterocycles. The number of aliphatic imine (C=N–C) groups is 1. The maximum atomic E-state index is 5.61. The van der Waals surface area contributed by atoms with E-state index < -0.39 is 0 Å². The molecule has 1 aliphatic heterocycles. The molecule has 1 unspecified atom stereocenters. The molecule has 1 fully saturated rings. The molecule has 0 aromatic heterocycles. The van der Waals surface area contributed by atoms with E-state index in [1.807, 2.05) is 32.0 Å². The van der Waals surface area contributed by atoms with Crippen LogP contribution < -0.4 is 20.1 Å². The molecule has 128 valence electrons. The summed E-state index contributed by atoms with van der Waals surface area (Å²) in [5, 5.41) is 6.55. The summed E-state index contributed by atoms with van der Waals surface area (Å²) in [7, 11) is 1.64. The van der Waals surface area contributed by atoms with E-state index in [0.29, 0.717) is 13.2 Å². The number of benzene rings is 1. The van der Waals surface area contributed by atoms with Crippen LogP contribution in [0, 0.1) is 0 Å². The number of hydrogen-bond donors (Lipinski definition) is 2. The second-order valence-electron chi connectivity index (χ2n) is 5.28. The minimum atomic E-state index is 0.236. The minimum absolute atomic E-state index is 0.236. The van der Waals surface area contributed by atoms with E-state index in [1.165, 1.54) is 0 Å². The van der Waals surface area contributed by atoms with Crippen molar-refractivity contribution in [3.8, 4) is 11.5 Å². The Morgan fingerprint density at radius 2 is 2.22 bits per heavy atom. The lowest BCUT2D eigenvalue weighted by Gasteiger charge is -2.15. The van der Waals surface area contributed by atoms with Crippen LogP contribution in [0.15, 0.2) is 23.2 Å². The average molecular weight is 321 g/mol. The molecule has 2 rings (SSSR count). The molecule has 1 aromatic rings. The molecule has 6 nitrogen and oxygen atoms in total. The first-order valence-electron chi connectivity index (χ1n) is 8.24. The third-order valence-electron chi connectivity index (χ3n) is 3.55. The Morgan fingerprint density at radius 3 is 2.87 bits per heavy atom. The van der Waals surface area contributed by atoms with E-state index in [4.69, 9.17) is 14.2 Å². The van der Waals surface area contributed by atoms with Crippen LogP contribution in [-0.2, 0) is 4.74 Å². The van der Waals surface area contributed by atoms with Crippen molar-refractivity contribution in [2.24, 2.45) is 4.99 Å². The van der Waals surface area contributed by atoms with Crippen molar-refractivity contribution in [3.05, 3.63) is 18.2 Å². The molecule has 23 heavy (non-hydrogen) atoms. The second kappa shape index (κ2) is 9.25. The first-order valence-corrected chi connectivity index (χ1v) is 8.24. The van der Waals surface area contributed by atoms with Crippen molar-refractivity contribution in [2.45, 2.75) is 32.8 Å². The molecule has 1 atom stereocenters. The topological polar surface area (TPSA) is 64.1 Å². The van der Waals surface area contributed by atoms with Gasteiger partial charge in [-0.3, -0.25) is 4.99 Å². The minimum Gasteiger partial charge on any atom is -0.493 e. The Labute approximate surface area is 138 Å². The summed E-state index contributed by atoms with van der Waals surface area (Å²) < 4.78 is 16.5. The Hall–Kier alpha value is -1.95. The molecular formula is C17H27N3O3. The summed E-state index contributed by atoms with van der Waals surface area (Å²) >= 11 is 0. The lowest BCUT2D eigenvalue weighted by molar-refractivity contribution is 0.118. The number of rotatable bonds is 7. The van der Waals surface area contributed by atoms with E-state index in [9.17, 15) is 0 Å². The largest absolute Gasteiger partial charge is 0.493 e. The lowest BCUT2D eigenvalue weighted by atomic mass is 10.2. The molecule has 0 aliphatic carbocycles. The Kier molecular flexibility index (Phi) is 7.00. The van der Waals surface area contributed by atoms with Gasteiger partial charge in [-0.2, -0.15) is 0 Å². The van der Waals surface area contributed by atoms with Crippen LogP contribution >= 0.6 is 0 Å². The van der Waals surface area contributed by atoms with Gasteiger partial charge in [0.2, 0.25) is 0 Å². The third kappa shape index (κ3) is 5.32. The molecule has 1 heterocycles. The maximum absolute atomic E-state index is 5.61. The number of ether oxygens (including phenoxy) is 3. The molecule has 0 amide bonds. The summed E-state index contributed by atoms with van der Waals surface area (Å²) in [6, 6.07) is 5.75. The standard InChI is InChI=1S/C17H27N3O3/c1-4-18-17(19-12-14-7-6-10-23-14)20-13-8-9-15(21-3)16(11-13)22-5-2/h8-9,11,14H,4-7,10,12H2,1-3H3,(H2,18,19,20). The molecule has 1 aromatic carbocycles. The molecule has 0 spiro atoms. The number of guanidine groups is 1. The van der Waals surface area contributed by atoms with Gasteiger partial charge in [0, 0.05) is 24.9 Å². The molecule has 2 N–H and O–H groups in total. The van der Waals surface area contributed by atoms with Crippen LogP contribution in [0.4, 0.5) is 5.69 Å². The highest BCUT2D eigenvalue weighted by molar-refractivity contribution is 5.93. The van der Waals surface area contributed by atoms with Gasteiger partial charge in [-0.25, -0.2) is 0 Å². The maximum Gasteiger partial charge on any atom is 0.195 e. The van der Waals surface area contributed by atoms with Gasteiger partial charge in [0.05, 0.1) is 26.4 Å². The smallest absolute Gasteiger partial charge is 0.195 e. The Balaban J connectivity index is 2.05. The van der Waals surface area contributed by atoms with Crippen LogP contribution in [0.3, 0.4) is 0 Å². The SMILES string of the molecule is CCNC(=NCC1CCCO1)Nc1ccc(OC)c(OCC)c1. The third-order valence-corrected chi connectivity index (χ3v) is 3.55. The fourth-order valence-electron chi connectivity index (χ4n) is 2.45. The van der Waals surface area contributed by atoms with Gasteiger partial charge in [-0.15, -0.1) is 0 Å². The molecule has 0 radical (unpaired) electrons. The van der Waals surface area contributed by atoms with E-state index in [1.54, 1.807) is 7.11 Å². The lowest BCUT2D eigenvalue weighted by Crippen LogP contribution is -2.31. The number of anilines is 1. The summed E-state index contributed by atoms with van der Waals surface area (Å²) in [4.78, 5) is 4.61. The van der Waals surface area contributed by atoms with Gasteiger partial charge in [-0.05, 0) is 38.8 Å². The number of nitrogens with one attached hydrogen (secondary N) is 2. The monoisotopic (exact) mass is 321 g/mol. The van der Waals surface area contributed by atoms with Gasteiger partial charge in [0.1, 0.15) is 0 Å². The van der Waals surface area contributed by atoms with Crippen molar-refractivity contribution in [1.29, 1.82) is 0 Å². The van der Waals surface area contributed by atoms with E-state index >= 15 is 0 Å². The predicted octanol–water partition coefficient (Wildman–Crippen LogP) is 2.65. The van der Waals surface area contributed by atoms with Crippen molar-refractivity contribution < 1.29 is 14.2 Å². The van der Waals surface area contributed by atoms with Crippen LogP contribution in [0.2, 0.25) is 0 Å². The molecular weight excluding hydrogens is 294 g/mol. The molecule has 0 saturated carbocycles. The quantitative estimate of drug-likeness (QED) is 0.597. The first kappa shape index (κ1) is 17.4. The summed E-state index contributed by atoms with van der Waals surface area (Å²) in [6.45, 7) is 6.90. The van der Waals surface area contributed by atoms with Crippen molar-refractivity contribution in [2.75, 3.05) is 38.7 Å². The van der Waals surface area contributed by atoms with E-state index in [-0.39, 0.29) is 6.10 Å². The molecule has 6 heteroatoms. The van der Waals surface area contributed by atoms with Gasteiger partial charge in [0.15, 0.2) is 17.5 Å². The van der Waals surface area contributed by atoms with Crippen LogP contribution in [0.25, 0.3) is 0 Å². The van der Waals surface area contributed by atoms with Crippen molar-refractivity contribution >= 4 is 11.6 Å². The molecule has 1 aliphatic rings. The number of hydrogen-bond acceptors (Lipinski definition) is 4. The predicted molar refractivity (Wildman–Crippen MR) is 92.7 cm³/mol. The van der Waals surface area contributed by atoms with Crippen molar-refractivity contribution in [3.63, 3.8) is 0 Å². The fourth-order valence-corrected chi connectivity index (χ4v) is 2.45. The van der Waals surface area contributed by atoms with E-state index in [0.717, 1.165) is 49.1 Å². The van der Waals surface area contributed by atoms with Crippen molar-refractivity contribution in [1.82, 2.24) is 5.32 Å². The van der Waals surface area contributed by atoms with Gasteiger partial charge < -0.3 is 24.8 Å². The highest BCUT2D eigenvalue weighted by Crippen LogP contribution is 2.30. The highest BCUT2D eigenvalue weighted by atomic mass is 16.5. The summed E-state index contributed by atoms with van der Waals surface area (Å²) in [5.74, 6) is 2.18. The summed E-state index contributed by atoms with van der Waals surface area (Å²) in [6.07, 6.45) is 2.45. The van der Waals surface area contributed by atoms with Crippen LogP contribution in [0.5, 0.6) is 11.5 Å². The fraction of sp³-hybridized carbons (Fsp3) is 0.588. The normalized spacial score (nSPS) is 17.9.